The van der Waals surface area contributed by atoms with Gasteiger partial charge in [0.15, 0.2) is 0 Å². The predicted molar refractivity (Wildman–Crippen MR) is 76.3 cm³/mol. The van der Waals surface area contributed by atoms with Gasteiger partial charge in [-0.3, -0.25) is 0 Å². The van der Waals surface area contributed by atoms with Gasteiger partial charge < -0.3 is 5.32 Å². The first-order valence-corrected chi connectivity index (χ1v) is 6.33. The summed E-state index contributed by atoms with van der Waals surface area (Å²) >= 11 is 17.9. The first-order chi connectivity index (χ1) is 8.45. The van der Waals surface area contributed by atoms with Crippen molar-refractivity contribution in [1.29, 1.82) is 0 Å². The van der Waals surface area contributed by atoms with Crippen LogP contribution in [0.2, 0.25) is 15.2 Å². The third kappa shape index (κ3) is 3.05. The molecule has 0 aliphatic heterocycles. The molecule has 0 aliphatic rings. The van der Waals surface area contributed by atoms with Crippen molar-refractivity contribution in [1.82, 2.24) is 9.97 Å². The molecule has 0 aliphatic carbocycles. The van der Waals surface area contributed by atoms with Crippen LogP contribution >= 0.6 is 34.8 Å². The van der Waals surface area contributed by atoms with Crippen molar-refractivity contribution in [3.8, 4) is 0 Å². The molecule has 0 saturated carbocycles. The van der Waals surface area contributed by atoms with Crippen LogP contribution in [0, 0.1) is 13.8 Å². The molecule has 0 saturated heterocycles. The molecule has 0 bridgehead atoms. The zero-order valence-corrected chi connectivity index (χ0v) is 12.0. The fourth-order valence-electron chi connectivity index (χ4n) is 1.48. The highest BCUT2D eigenvalue weighted by Gasteiger charge is 2.08. The van der Waals surface area contributed by atoms with Crippen molar-refractivity contribution in [3.05, 3.63) is 44.8 Å². The van der Waals surface area contributed by atoms with E-state index >= 15 is 0 Å². The zero-order chi connectivity index (χ0) is 13.3. The quantitative estimate of drug-likeness (QED) is 0.810. The van der Waals surface area contributed by atoms with Gasteiger partial charge in [-0.1, -0.05) is 34.8 Å². The summed E-state index contributed by atoms with van der Waals surface area (Å²) < 4.78 is 0. The third-order valence-electron chi connectivity index (χ3n) is 2.32. The van der Waals surface area contributed by atoms with Crippen molar-refractivity contribution in [3.63, 3.8) is 0 Å². The van der Waals surface area contributed by atoms with E-state index in [1.165, 1.54) is 0 Å². The molecule has 6 heteroatoms. The van der Waals surface area contributed by atoms with Gasteiger partial charge in [0.25, 0.3) is 0 Å². The summed E-state index contributed by atoms with van der Waals surface area (Å²) in [6.45, 7) is 3.62. The third-order valence-corrected chi connectivity index (χ3v) is 3.13. The molecule has 0 radical (unpaired) electrons. The number of hydrogen-bond donors (Lipinski definition) is 1. The Bertz CT molecular complexity index is 579. The van der Waals surface area contributed by atoms with Crippen molar-refractivity contribution >= 4 is 46.3 Å². The van der Waals surface area contributed by atoms with Crippen molar-refractivity contribution in [2.24, 2.45) is 0 Å². The highest BCUT2D eigenvalue weighted by molar-refractivity contribution is 6.35. The lowest BCUT2D eigenvalue weighted by atomic mass is 10.3. The zero-order valence-electron chi connectivity index (χ0n) is 9.76. The second-order valence-electron chi connectivity index (χ2n) is 3.82. The maximum Gasteiger partial charge on any atom is 0.138 e. The number of halogens is 3. The molecule has 0 atom stereocenters. The van der Waals surface area contributed by atoms with Crippen LogP contribution in [-0.4, -0.2) is 9.97 Å². The van der Waals surface area contributed by atoms with E-state index in [0.29, 0.717) is 26.8 Å². The Morgan fingerprint density at radius 3 is 2.17 bits per heavy atom. The van der Waals surface area contributed by atoms with Crippen LogP contribution in [0.4, 0.5) is 11.5 Å². The molecule has 3 nitrogen and oxygen atoms in total. The van der Waals surface area contributed by atoms with Gasteiger partial charge in [-0.25, -0.2) is 9.97 Å². The normalized spacial score (nSPS) is 10.5. The summed E-state index contributed by atoms with van der Waals surface area (Å²) in [7, 11) is 0. The maximum absolute atomic E-state index is 6.00. The lowest BCUT2D eigenvalue weighted by molar-refractivity contribution is 1.04. The molecule has 2 aromatic rings. The Labute approximate surface area is 120 Å². The topological polar surface area (TPSA) is 37.8 Å². The largest absolute Gasteiger partial charge is 0.340 e. The molecule has 1 aromatic carbocycles. The average Bonchev–Trinajstić information content (AvgIpc) is 2.23. The van der Waals surface area contributed by atoms with Gasteiger partial charge in [-0.2, -0.15) is 0 Å². The molecule has 0 amide bonds. The molecule has 0 fully saturated rings. The number of nitrogens with one attached hydrogen (secondary N) is 1. The van der Waals surface area contributed by atoms with Crippen LogP contribution in [0.3, 0.4) is 0 Å². The molecular formula is C12H10Cl3N3. The maximum atomic E-state index is 6.00. The SMILES string of the molecule is Cc1nc(Cl)c(C)c(Nc2cc(Cl)cc(Cl)c2)n1. The molecule has 94 valence electrons. The van der Waals surface area contributed by atoms with Crippen molar-refractivity contribution in [2.75, 3.05) is 5.32 Å². The lowest BCUT2D eigenvalue weighted by Crippen LogP contribution is -2.01. The number of aromatic nitrogens is 2. The molecular weight excluding hydrogens is 293 g/mol. The van der Waals surface area contributed by atoms with E-state index in [4.69, 9.17) is 34.8 Å². The van der Waals surface area contributed by atoms with Gasteiger partial charge in [0.1, 0.15) is 16.8 Å². The van der Waals surface area contributed by atoms with Crippen molar-refractivity contribution < 1.29 is 0 Å². The van der Waals surface area contributed by atoms with Gasteiger partial charge in [-0.05, 0) is 32.0 Å². The van der Waals surface area contributed by atoms with E-state index < -0.39 is 0 Å². The second-order valence-corrected chi connectivity index (χ2v) is 5.05. The summed E-state index contributed by atoms with van der Waals surface area (Å²) in [5, 5.41) is 4.67. The van der Waals surface area contributed by atoms with Crippen molar-refractivity contribution in [2.45, 2.75) is 13.8 Å². The van der Waals surface area contributed by atoms with Gasteiger partial charge in [0.2, 0.25) is 0 Å². The van der Waals surface area contributed by atoms with Gasteiger partial charge in [-0.15, -0.1) is 0 Å². The minimum Gasteiger partial charge on any atom is -0.340 e. The molecule has 0 spiro atoms. The van der Waals surface area contributed by atoms with Crippen LogP contribution in [0.25, 0.3) is 0 Å². The van der Waals surface area contributed by atoms with E-state index in [-0.39, 0.29) is 0 Å². The van der Waals surface area contributed by atoms with E-state index in [2.05, 4.69) is 15.3 Å². The van der Waals surface area contributed by atoms with Gasteiger partial charge in [0.05, 0.1) is 0 Å². The Hall–Kier alpha value is -1.03. The Balaban J connectivity index is 2.39. The molecule has 2 rings (SSSR count). The number of rotatable bonds is 2. The smallest absolute Gasteiger partial charge is 0.138 e. The fraction of sp³-hybridized carbons (Fsp3) is 0.167. The summed E-state index contributed by atoms with van der Waals surface area (Å²) in [6, 6.07) is 5.19. The fourth-order valence-corrected chi connectivity index (χ4v) is 2.22. The Morgan fingerprint density at radius 1 is 0.944 bits per heavy atom. The highest BCUT2D eigenvalue weighted by Crippen LogP contribution is 2.27. The number of benzene rings is 1. The second kappa shape index (κ2) is 5.31. The molecule has 0 unspecified atom stereocenters. The highest BCUT2D eigenvalue weighted by atomic mass is 35.5. The van der Waals surface area contributed by atoms with Crippen LogP contribution < -0.4 is 5.32 Å². The Morgan fingerprint density at radius 2 is 1.56 bits per heavy atom. The molecule has 18 heavy (non-hydrogen) atoms. The van der Waals surface area contributed by atoms with Crippen LogP contribution in [0.15, 0.2) is 18.2 Å². The lowest BCUT2D eigenvalue weighted by Gasteiger charge is -2.10. The van der Waals surface area contributed by atoms with Gasteiger partial charge in [0, 0.05) is 21.3 Å². The average molecular weight is 303 g/mol. The number of anilines is 2. The summed E-state index contributed by atoms with van der Waals surface area (Å²) in [4.78, 5) is 8.37. The van der Waals surface area contributed by atoms with E-state index in [9.17, 15) is 0 Å². The first kappa shape index (κ1) is 13.4. The van der Waals surface area contributed by atoms with E-state index in [0.717, 1.165) is 11.3 Å². The van der Waals surface area contributed by atoms with Crippen LogP contribution in [-0.2, 0) is 0 Å². The minimum absolute atomic E-state index is 0.429. The standard InChI is InChI=1S/C12H10Cl3N3/c1-6-11(15)16-7(2)17-12(6)18-10-4-8(13)3-9(14)5-10/h3-5H,1-2H3,(H,16,17,18). The van der Waals surface area contributed by atoms with E-state index in [1.54, 1.807) is 25.1 Å². The summed E-state index contributed by atoms with van der Waals surface area (Å²) in [5.41, 5.74) is 1.53. The Kier molecular flexibility index (Phi) is 3.95. The van der Waals surface area contributed by atoms with E-state index in [1.807, 2.05) is 6.92 Å². The molecule has 1 N–H and O–H groups in total. The number of hydrogen-bond acceptors (Lipinski definition) is 3. The predicted octanol–water partition coefficient (Wildman–Crippen LogP) is 4.80. The van der Waals surface area contributed by atoms with Crippen LogP contribution in [0.1, 0.15) is 11.4 Å². The van der Waals surface area contributed by atoms with Crippen LogP contribution in [0.5, 0.6) is 0 Å². The number of nitrogens with zero attached hydrogens (tertiary/aromatic N) is 2. The first-order valence-electron chi connectivity index (χ1n) is 5.19. The monoisotopic (exact) mass is 301 g/mol. The molecule has 1 aromatic heterocycles. The van der Waals surface area contributed by atoms with Gasteiger partial charge >= 0.3 is 0 Å². The summed E-state index contributed by atoms with van der Waals surface area (Å²) in [5.74, 6) is 1.24. The number of aryl methyl sites for hydroxylation is 1. The minimum atomic E-state index is 0.429. The summed E-state index contributed by atoms with van der Waals surface area (Å²) in [6.07, 6.45) is 0. The molecule has 1 heterocycles.